The van der Waals surface area contributed by atoms with Gasteiger partial charge in [-0.15, -0.1) is 0 Å². The Kier molecular flexibility index (Phi) is 2.76. The molecule has 0 bridgehead atoms. The summed E-state index contributed by atoms with van der Waals surface area (Å²) in [6.45, 7) is 3.77. The SMILES string of the molecule is CC1(C)N=C(c2ccccc2)C2=C1C(=O)c1ccccc1C2=O. The van der Waals surface area contributed by atoms with Crippen LogP contribution in [0.2, 0.25) is 0 Å². The lowest BCUT2D eigenvalue weighted by Gasteiger charge is -2.23. The van der Waals surface area contributed by atoms with Crippen LogP contribution in [0, 0.1) is 0 Å². The monoisotopic (exact) mass is 301 g/mol. The summed E-state index contributed by atoms with van der Waals surface area (Å²) in [5, 5.41) is 0. The van der Waals surface area contributed by atoms with Crippen molar-refractivity contribution in [1.29, 1.82) is 0 Å². The summed E-state index contributed by atoms with van der Waals surface area (Å²) in [4.78, 5) is 30.7. The average Bonchev–Trinajstić information content (AvgIpc) is 2.85. The molecule has 1 aliphatic heterocycles. The molecule has 0 amide bonds. The summed E-state index contributed by atoms with van der Waals surface area (Å²) in [6, 6.07) is 16.6. The molecule has 2 aromatic rings. The molecule has 0 radical (unpaired) electrons. The molecular weight excluding hydrogens is 286 g/mol. The van der Waals surface area contributed by atoms with Crippen molar-refractivity contribution in [2.45, 2.75) is 19.4 Å². The Morgan fingerprint density at radius 3 is 2.00 bits per heavy atom. The lowest BCUT2D eigenvalue weighted by molar-refractivity contribution is 0.0972. The lowest BCUT2D eigenvalue weighted by Crippen LogP contribution is -2.30. The predicted octanol–water partition coefficient (Wildman–Crippen LogP) is 3.64. The van der Waals surface area contributed by atoms with Crippen LogP contribution in [0.3, 0.4) is 0 Å². The minimum atomic E-state index is -0.694. The van der Waals surface area contributed by atoms with Gasteiger partial charge in [-0.3, -0.25) is 14.6 Å². The van der Waals surface area contributed by atoms with Crippen LogP contribution in [0.4, 0.5) is 0 Å². The van der Waals surface area contributed by atoms with Crippen molar-refractivity contribution in [1.82, 2.24) is 0 Å². The summed E-state index contributed by atoms with van der Waals surface area (Å²) in [7, 11) is 0. The molecule has 0 spiro atoms. The number of Topliss-reactive ketones (excluding diaryl/α,β-unsaturated/α-hetero) is 2. The number of benzene rings is 2. The summed E-state index contributed by atoms with van der Waals surface area (Å²) in [5.41, 5.74) is 2.72. The topological polar surface area (TPSA) is 46.5 Å². The number of allylic oxidation sites excluding steroid dienone is 1. The summed E-state index contributed by atoms with van der Waals surface area (Å²) >= 11 is 0. The number of rotatable bonds is 1. The molecule has 112 valence electrons. The van der Waals surface area contributed by atoms with E-state index in [-0.39, 0.29) is 11.6 Å². The first kappa shape index (κ1) is 13.8. The van der Waals surface area contributed by atoms with Crippen molar-refractivity contribution in [3.05, 3.63) is 82.4 Å². The molecule has 0 N–H and O–H groups in total. The third-order valence-corrected chi connectivity index (χ3v) is 4.41. The van der Waals surface area contributed by atoms with Crippen molar-refractivity contribution in [2.24, 2.45) is 4.99 Å². The van der Waals surface area contributed by atoms with Crippen molar-refractivity contribution in [2.75, 3.05) is 0 Å². The zero-order chi connectivity index (χ0) is 16.2. The van der Waals surface area contributed by atoms with E-state index in [1.165, 1.54) is 0 Å². The van der Waals surface area contributed by atoms with E-state index in [1.54, 1.807) is 24.3 Å². The Labute approximate surface area is 134 Å². The number of fused-ring (bicyclic) bond motifs is 1. The van der Waals surface area contributed by atoms with Crippen LogP contribution in [0.25, 0.3) is 0 Å². The van der Waals surface area contributed by atoms with Gasteiger partial charge in [0.25, 0.3) is 0 Å². The smallest absolute Gasteiger partial charge is 0.196 e. The van der Waals surface area contributed by atoms with Gasteiger partial charge in [-0.1, -0.05) is 54.6 Å². The van der Waals surface area contributed by atoms with Crippen LogP contribution < -0.4 is 0 Å². The van der Waals surface area contributed by atoms with E-state index in [0.29, 0.717) is 28.0 Å². The van der Waals surface area contributed by atoms with Gasteiger partial charge in [-0.25, -0.2) is 0 Å². The second kappa shape index (κ2) is 4.59. The molecule has 0 atom stereocenters. The molecule has 0 aromatic heterocycles. The molecule has 3 heteroatoms. The van der Waals surface area contributed by atoms with Crippen LogP contribution in [-0.4, -0.2) is 22.8 Å². The Hall–Kier alpha value is -2.81. The highest BCUT2D eigenvalue weighted by Crippen LogP contribution is 2.40. The fourth-order valence-electron chi connectivity index (χ4n) is 3.38. The van der Waals surface area contributed by atoms with E-state index in [9.17, 15) is 9.59 Å². The molecule has 2 aliphatic rings. The number of carbonyl (C=O) groups excluding carboxylic acids is 2. The maximum absolute atomic E-state index is 13.0. The number of hydrogen-bond acceptors (Lipinski definition) is 3. The second-order valence-electron chi connectivity index (χ2n) is 6.34. The molecule has 1 aliphatic carbocycles. The van der Waals surface area contributed by atoms with E-state index in [0.717, 1.165) is 5.56 Å². The molecule has 0 unspecified atom stereocenters. The normalized spacial score (nSPS) is 18.6. The van der Waals surface area contributed by atoms with Gasteiger partial charge in [-0.2, -0.15) is 0 Å². The fourth-order valence-corrected chi connectivity index (χ4v) is 3.38. The van der Waals surface area contributed by atoms with Crippen molar-refractivity contribution in [3.8, 4) is 0 Å². The summed E-state index contributed by atoms with van der Waals surface area (Å²) in [6.07, 6.45) is 0. The molecule has 3 nitrogen and oxygen atoms in total. The quantitative estimate of drug-likeness (QED) is 0.807. The number of aliphatic imine (C=N–C) groups is 1. The molecule has 4 rings (SSSR count). The zero-order valence-electron chi connectivity index (χ0n) is 13.0. The highest BCUT2D eigenvalue weighted by atomic mass is 16.1. The Balaban J connectivity index is 1.99. The summed E-state index contributed by atoms with van der Waals surface area (Å²) < 4.78 is 0. The first-order valence-electron chi connectivity index (χ1n) is 7.59. The van der Waals surface area contributed by atoms with Gasteiger partial charge in [0.2, 0.25) is 0 Å². The van der Waals surface area contributed by atoms with Crippen LogP contribution >= 0.6 is 0 Å². The van der Waals surface area contributed by atoms with Crippen molar-refractivity contribution in [3.63, 3.8) is 0 Å². The maximum atomic E-state index is 13.0. The summed E-state index contributed by atoms with van der Waals surface area (Å²) in [5.74, 6) is -0.196. The van der Waals surface area contributed by atoms with Crippen LogP contribution in [-0.2, 0) is 0 Å². The van der Waals surface area contributed by atoms with Crippen molar-refractivity contribution < 1.29 is 9.59 Å². The average molecular weight is 301 g/mol. The van der Waals surface area contributed by atoms with Crippen LogP contribution in [0.5, 0.6) is 0 Å². The standard InChI is InChI=1S/C20H15NO2/c1-20(2)16-15(17(21-20)12-8-4-3-5-9-12)18(22)13-10-6-7-11-14(13)19(16)23/h3-11H,1-2H3. The number of carbonyl (C=O) groups is 2. The van der Waals surface area contributed by atoms with Gasteiger partial charge < -0.3 is 0 Å². The zero-order valence-corrected chi connectivity index (χ0v) is 13.0. The van der Waals surface area contributed by atoms with Gasteiger partial charge in [0.15, 0.2) is 11.6 Å². The van der Waals surface area contributed by atoms with Gasteiger partial charge in [0.1, 0.15) is 0 Å². The van der Waals surface area contributed by atoms with Gasteiger partial charge in [-0.05, 0) is 13.8 Å². The second-order valence-corrected chi connectivity index (χ2v) is 6.34. The maximum Gasteiger partial charge on any atom is 0.196 e. The third-order valence-electron chi connectivity index (χ3n) is 4.41. The minimum absolute atomic E-state index is 0.0881. The van der Waals surface area contributed by atoms with Crippen molar-refractivity contribution >= 4 is 17.3 Å². The van der Waals surface area contributed by atoms with Gasteiger partial charge in [0, 0.05) is 22.3 Å². The van der Waals surface area contributed by atoms with Gasteiger partial charge in [0.05, 0.1) is 16.8 Å². The van der Waals surface area contributed by atoms with E-state index >= 15 is 0 Å². The molecule has 0 fully saturated rings. The van der Waals surface area contributed by atoms with E-state index < -0.39 is 5.54 Å². The van der Waals surface area contributed by atoms with Gasteiger partial charge >= 0.3 is 0 Å². The molecule has 23 heavy (non-hydrogen) atoms. The van der Waals surface area contributed by atoms with Crippen LogP contribution in [0.1, 0.15) is 40.1 Å². The van der Waals surface area contributed by atoms with E-state index in [1.807, 2.05) is 44.2 Å². The first-order valence-corrected chi connectivity index (χ1v) is 7.59. The molecule has 0 saturated carbocycles. The molecule has 2 aromatic carbocycles. The highest BCUT2D eigenvalue weighted by molar-refractivity contribution is 6.42. The first-order chi connectivity index (χ1) is 11.0. The number of nitrogens with zero attached hydrogens (tertiary/aromatic N) is 1. The number of hydrogen-bond donors (Lipinski definition) is 0. The van der Waals surface area contributed by atoms with Crippen LogP contribution in [0.15, 0.2) is 70.7 Å². The third kappa shape index (κ3) is 1.86. The largest absolute Gasteiger partial charge is 0.289 e. The Morgan fingerprint density at radius 2 is 1.35 bits per heavy atom. The van der Waals surface area contributed by atoms with E-state index in [2.05, 4.69) is 0 Å². The predicted molar refractivity (Wildman–Crippen MR) is 89.2 cm³/mol. The van der Waals surface area contributed by atoms with E-state index in [4.69, 9.17) is 4.99 Å². The number of ketones is 2. The highest BCUT2D eigenvalue weighted by Gasteiger charge is 2.45. The molecular formula is C20H15NO2. The Bertz CT molecular complexity index is 918. The molecule has 1 heterocycles. The Morgan fingerprint density at radius 1 is 0.783 bits per heavy atom. The molecule has 0 saturated heterocycles. The lowest BCUT2D eigenvalue weighted by atomic mass is 9.77. The minimum Gasteiger partial charge on any atom is -0.289 e. The fraction of sp³-hybridized carbons (Fsp3) is 0.150.